The highest BCUT2D eigenvalue weighted by molar-refractivity contribution is 6.25. The average molecular weight is 427 g/mol. The Labute approximate surface area is 188 Å². The topological polar surface area (TPSA) is 52.6 Å². The van der Waals surface area contributed by atoms with Crippen molar-refractivity contribution < 1.29 is 19.1 Å². The molecule has 0 bridgehead atoms. The van der Waals surface area contributed by atoms with Crippen LogP contribution < -0.4 is 9.47 Å². The van der Waals surface area contributed by atoms with Crippen LogP contribution in [0.1, 0.15) is 71.4 Å². The van der Waals surface area contributed by atoms with Crippen LogP contribution in [0.5, 0.6) is 11.5 Å². The zero-order valence-corrected chi connectivity index (χ0v) is 18.7. The Morgan fingerprint density at radius 3 is 1.62 bits per heavy atom. The van der Waals surface area contributed by atoms with Gasteiger partial charge in [0, 0.05) is 11.1 Å². The summed E-state index contributed by atoms with van der Waals surface area (Å²) in [6.07, 6.45) is 0. The maximum absolute atomic E-state index is 13.3. The fourth-order valence-electron chi connectivity index (χ4n) is 3.61. The van der Waals surface area contributed by atoms with Gasteiger partial charge in [-0.2, -0.15) is 0 Å². The Balaban J connectivity index is 1.77. The Bertz CT molecular complexity index is 1200. The Hall–Kier alpha value is -3.66. The molecule has 32 heavy (non-hydrogen) atoms. The number of Topliss-reactive ketones (excluding diaryl/α,β-unsaturated/α-hetero) is 2. The molecule has 0 heterocycles. The van der Waals surface area contributed by atoms with Crippen molar-refractivity contribution in [1.82, 2.24) is 0 Å². The fourth-order valence-corrected chi connectivity index (χ4v) is 3.61. The summed E-state index contributed by atoms with van der Waals surface area (Å²) in [4.78, 5) is 26.6. The molecular weight excluding hydrogens is 400 g/mol. The molecular formula is C28H26O4. The van der Waals surface area contributed by atoms with Crippen LogP contribution in [0.15, 0.2) is 84.3 Å². The lowest BCUT2D eigenvalue weighted by atomic mass is 9.92. The molecule has 3 aromatic carbocycles. The Morgan fingerprint density at radius 1 is 0.562 bits per heavy atom. The third kappa shape index (κ3) is 4.22. The first-order valence-corrected chi connectivity index (χ1v) is 10.8. The molecule has 0 saturated heterocycles. The van der Waals surface area contributed by atoms with E-state index in [1.807, 2.05) is 30.3 Å². The minimum atomic E-state index is -0.372. The number of allylic oxidation sites excluding steroid dienone is 2. The number of ketones is 2. The van der Waals surface area contributed by atoms with Gasteiger partial charge < -0.3 is 9.47 Å². The Morgan fingerprint density at radius 2 is 1.09 bits per heavy atom. The lowest BCUT2D eigenvalue weighted by Gasteiger charge is -2.21. The van der Waals surface area contributed by atoms with E-state index in [9.17, 15) is 9.59 Å². The number of fused-ring (bicyclic) bond motifs is 1. The number of hydrogen-bond donors (Lipinski definition) is 0. The first-order chi connectivity index (χ1) is 15.3. The summed E-state index contributed by atoms with van der Waals surface area (Å²) in [5, 5.41) is 0. The van der Waals surface area contributed by atoms with Crippen molar-refractivity contribution >= 4 is 11.6 Å². The third-order valence-corrected chi connectivity index (χ3v) is 5.55. The molecule has 0 fully saturated rings. The van der Waals surface area contributed by atoms with Crippen LogP contribution >= 0.6 is 0 Å². The van der Waals surface area contributed by atoms with E-state index in [0.717, 1.165) is 11.1 Å². The van der Waals surface area contributed by atoms with Crippen LogP contribution in [0.2, 0.25) is 0 Å². The summed E-state index contributed by atoms with van der Waals surface area (Å²) in [7, 11) is 0. The number of ether oxygens (including phenoxy) is 2. The quantitative estimate of drug-likeness (QED) is 0.441. The standard InChI is InChI=1S/C28H26O4/c1-17(2)19-12-14-21(15-13-19)31-27-25(29)23-10-5-6-11-24(23)26(30)28(27)32-22-9-7-8-20(16-22)18(3)4/h5-18H,1-4H3. The number of carbonyl (C=O) groups excluding carboxylic acids is 2. The Kier molecular flexibility index (Phi) is 5.95. The van der Waals surface area contributed by atoms with Crippen molar-refractivity contribution in [1.29, 1.82) is 0 Å². The van der Waals surface area contributed by atoms with Crippen molar-refractivity contribution in [3.63, 3.8) is 0 Å². The highest BCUT2D eigenvalue weighted by Gasteiger charge is 2.36. The van der Waals surface area contributed by atoms with Crippen LogP contribution in [0.4, 0.5) is 0 Å². The predicted octanol–water partition coefficient (Wildman–Crippen LogP) is 6.68. The number of benzene rings is 3. The first-order valence-electron chi connectivity index (χ1n) is 10.8. The fraction of sp³-hybridized carbons (Fsp3) is 0.214. The molecule has 0 atom stereocenters. The van der Waals surface area contributed by atoms with Crippen LogP contribution in [0.25, 0.3) is 0 Å². The smallest absolute Gasteiger partial charge is 0.233 e. The SMILES string of the molecule is CC(C)c1ccc(OC2=C(Oc3cccc(C(C)C)c3)C(=O)c3ccccc3C2=O)cc1. The van der Waals surface area contributed by atoms with Crippen molar-refractivity contribution in [2.24, 2.45) is 0 Å². The molecule has 0 amide bonds. The van der Waals surface area contributed by atoms with Crippen LogP contribution in [0, 0.1) is 0 Å². The van der Waals surface area contributed by atoms with Crippen molar-refractivity contribution in [2.75, 3.05) is 0 Å². The molecule has 4 heteroatoms. The number of hydrogen-bond acceptors (Lipinski definition) is 4. The molecule has 0 aromatic heterocycles. The zero-order chi connectivity index (χ0) is 22.8. The van der Waals surface area contributed by atoms with E-state index in [1.54, 1.807) is 42.5 Å². The second-order valence-electron chi connectivity index (χ2n) is 8.52. The molecule has 0 N–H and O–H groups in total. The lowest BCUT2D eigenvalue weighted by molar-refractivity contribution is 0.0897. The average Bonchev–Trinajstić information content (AvgIpc) is 2.80. The van der Waals surface area contributed by atoms with Crippen molar-refractivity contribution in [3.8, 4) is 11.5 Å². The van der Waals surface area contributed by atoms with Crippen LogP contribution in [0.3, 0.4) is 0 Å². The molecule has 0 saturated carbocycles. The largest absolute Gasteiger partial charge is 0.449 e. The van der Waals surface area contributed by atoms with Gasteiger partial charge in [0.05, 0.1) is 0 Å². The molecule has 4 nitrogen and oxygen atoms in total. The van der Waals surface area contributed by atoms with E-state index in [2.05, 4.69) is 27.7 Å². The summed E-state index contributed by atoms with van der Waals surface area (Å²) in [5.74, 6) is 0.702. The second kappa shape index (κ2) is 8.83. The van der Waals surface area contributed by atoms with Crippen LogP contribution in [-0.4, -0.2) is 11.6 Å². The highest BCUT2D eigenvalue weighted by atomic mass is 16.5. The lowest BCUT2D eigenvalue weighted by Crippen LogP contribution is -2.27. The van der Waals surface area contributed by atoms with E-state index in [4.69, 9.17) is 9.47 Å². The maximum atomic E-state index is 13.3. The summed E-state index contributed by atoms with van der Waals surface area (Å²) in [6, 6.07) is 21.8. The summed E-state index contributed by atoms with van der Waals surface area (Å²) >= 11 is 0. The van der Waals surface area contributed by atoms with E-state index < -0.39 is 0 Å². The molecule has 0 spiro atoms. The normalized spacial score (nSPS) is 13.6. The van der Waals surface area contributed by atoms with E-state index in [1.165, 1.54) is 0 Å². The van der Waals surface area contributed by atoms with Gasteiger partial charge in [-0.3, -0.25) is 9.59 Å². The van der Waals surface area contributed by atoms with Gasteiger partial charge in [-0.05, 0) is 47.2 Å². The van der Waals surface area contributed by atoms with Gasteiger partial charge in [0.15, 0.2) is 0 Å². The van der Waals surface area contributed by atoms with E-state index in [-0.39, 0.29) is 23.1 Å². The van der Waals surface area contributed by atoms with Crippen LogP contribution in [-0.2, 0) is 0 Å². The van der Waals surface area contributed by atoms with E-state index in [0.29, 0.717) is 34.5 Å². The van der Waals surface area contributed by atoms with Gasteiger partial charge in [-0.1, -0.05) is 76.2 Å². The van der Waals surface area contributed by atoms with E-state index >= 15 is 0 Å². The van der Waals surface area contributed by atoms with Gasteiger partial charge in [0.2, 0.25) is 23.1 Å². The molecule has 162 valence electrons. The molecule has 0 radical (unpaired) electrons. The highest BCUT2D eigenvalue weighted by Crippen LogP contribution is 2.31. The van der Waals surface area contributed by atoms with Gasteiger partial charge in [-0.15, -0.1) is 0 Å². The maximum Gasteiger partial charge on any atom is 0.233 e. The van der Waals surface area contributed by atoms with Gasteiger partial charge in [-0.25, -0.2) is 0 Å². The predicted molar refractivity (Wildman–Crippen MR) is 124 cm³/mol. The molecule has 4 rings (SSSR count). The first kappa shape index (κ1) is 21.6. The monoisotopic (exact) mass is 426 g/mol. The molecule has 0 unspecified atom stereocenters. The zero-order valence-electron chi connectivity index (χ0n) is 18.7. The minimum absolute atomic E-state index is 0.0949. The second-order valence-corrected chi connectivity index (χ2v) is 8.52. The van der Waals surface area contributed by atoms with Gasteiger partial charge in [0.25, 0.3) is 0 Å². The van der Waals surface area contributed by atoms with Crippen molar-refractivity contribution in [3.05, 3.63) is 107 Å². The minimum Gasteiger partial charge on any atom is -0.449 e. The summed E-state index contributed by atoms with van der Waals surface area (Å²) in [5.41, 5.74) is 2.86. The van der Waals surface area contributed by atoms with Crippen molar-refractivity contribution in [2.45, 2.75) is 39.5 Å². The molecule has 3 aromatic rings. The molecule has 1 aliphatic carbocycles. The number of carbonyl (C=O) groups is 2. The number of rotatable bonds is 6. The molecule has 1 aliphatic rings. The summed E-state index contributed by atoms with van der Waals surface area (Å²) < 4.78 is 12.0. The third-order valence-electron chi connectivity index (χ3n) is 5.55. The summed E-state index contributed by atoms with van der Waals surface area (Å²) in [6.45, 7) is 8.38. The van der Waals surface area contributed by atoms with Gasteiger partial charge in [0.1, 0.15) is 11.5 Å². The van der Waals surface area contributed by atoms with Gasteiger partial charge >= 0.3 is 0 Å². The molecule has 0 aliphatic heterocycles.